The van der Waals surface area contributed by atoms with Crippen LogP contribution in [0.2, 0.25) is 0 Å². The normalized spacial score (nSPS) is 10.5. The Morgan fingerprint density at radius 2 is 2.20 bits per heavy atom. The third kappa shape index (κ3) is 3.31. The zero-order chi connectivity index (χ0) is 14.5. The monoisotopic (exact) mass is 275 g/mol. The van der Waals surface area contributed by atoms with Gasteiger partial charge in [0.25, 0.3) is 5.69 Å². The Labute approximate surface area is 116 Å². The van der Waals surface area contributed by atoms with Crippen LogP contribution in [-0.4, -0.2) is 26.6 Å². The summed E-state index contributed by atoms with van der Waals surface area (Å²) in [7, 11) is 0. The first-order valence-electron chi connectivity index (χ1n) is 6.41. The van der Waals surface area contributed by atoms with Gasteiger partial charge < -0.3 is 5.32 Å². The van der Waals surface area contributed by atoms with Gasteiger partial charge in [0.1, 0.15) is 5.82 Å². The number of hydrogen-bond acceptors (Lipinski definition) is 5. The Bertz CT molecular complexity index is 609. The maximum Gasteiger partial charge on any atom is 0.277 e. The van der Waals surface area contributed by atoms with Crippen LogP contribution in [0.1, 0.15) is 23.2 Å². The highest BCUT2D eigenvalue weighted by molar-refractivity contribution is 5.48. The van der Waals surface area contributed by atoms with Crippen LogP contribution in [0.4, 0.5) is 11.5 Å². The van der Waals surface area contributed by atoms with E-state index < -0.39 is 4.92 Å². The van der Waals surface area contributed by atoms with Crippen molar-refractivity contribution in [3.8, 4) is 0 Å². The van der Waals surface area contributed by atoms with Gasteiger partial charge >= 0.3 is 0 Å². The number of aromatic amines is 1. The first kappa shape index (κ1) is 14.0. The number of aromatic nitrogens is 3. The molecule has 106 valence electrons. The summed E-state index contributed by atoms with van der Waals surface area (Å²) >= 11 is 0. The van der Waals surface area contributed by atoms with Crippen molar-refractivity contribution in [3.63, 3.8) is 0 Å². The molecule has 2 heterocycles. The second-order valence-corrected chi connectivity index (χ2v) is 4.66. The van der Waals surface area contributed by atoms with Crippen LogP contribution >= 0.6 is 0 Å². The Kier molecular flexibility index (Phi) is 4.29. The third-order valence-corrected chi connectivity index (χ3v) is 3.13. The van der Waals surface area contributed by atoms with E-state index in [-0.39, 0.29) is 5.69 Å². The quantitative estimate of drug-likeness (QED) is 0.479. The number of rotatable bonds is 6. The first-order chi connectivity index (χ1) is 9.58. The molecule has 0 saturated carbocycles. The largest absolute Gasteiger partial charge is 0.370 e. The second kappa shape index (κ2) is 6.14. The highest BCUT2D eigenvalue weighted by Crippen LogP contribution is 2.19. The third-order valence-electron chi connectivity index (χ3n) is 3.13. The first-order valence-corrected chi connectivity index (χ1v) is 6.41. The van der Waals surface area contributed by atoms with E-state index in [0.717, 1.165) is 18.5 Å². The minimum absolute atomic E-state index is 0.0909. The van der Waals surface area contributed by atoms with Crippen molar-refractivity contribution in [2.45, 2.75) is 26.7 Å². The molecule has 0 fully saturated rings. The molecule has 0 spiro atoms. The predicted octanol–water partition coefficient (Wildman–Crippen LogP) is 2.37. The number of pyridine rings is 1. The van der Waals surface area contributed by atoms with Gasteiger partial charge in [0, 0.05) is 24.0 Å². The van der Waals surface area contributed by atoms with Crippen molar-refractivity contribution in [1.82, 2.24) is 15.2 Å². The molecule has 0 saturated heterocycles. The minimum atomic E-state index is -0.392. The number of nitro groups is 1. The van der Waals surface area contributed by atoms with Crippen LogP contribution in [0.5, 0.6) is 0 Å². The summed E-state index contributed by atoms with van der Waals surface area (Å²) in [6.07, 6.45) is 5.15. The highest BCUT2D eigenvalue weighted by Gasteiger charge is 2.11. The molecule has 0 aromatic carbocycles. The Morgan fingerprint density at radius 3 is 2.85 bits per heavy atom. The molecule has 20 heavy (non-hydrogen) atoms. The van der Waals surface area contributed by atoms with E-state index >= 15 is 0 Å². The molecule has 7 heteroatoms. The highest BCUT2D eigenvalue weighted by atomic mass is 16.6. The summed E-state index contributed by atoms with van der Waals surface area (Å²) in [5.41, 5.74) is 2.92. The molecule has 2 aromatic rings. The van der Waals surface area contributed by atoms with Gasteiger partial charge in [0.05, 0.1) is 17.2 Å². The number of nitrogens with zero attached hydrogens (tertiary/aromatic N) is 3. The Hall–Kier alpha value is -2.44. The lowest BCUT2D eigenvalue weighted by atomic mass is 10.1. The van der Waals surface area contributed by atoms with Gasteiger partial charge in [-0.3, -0.25) is 15.2 Å². The van der Waals surface area contributed by atoms with Crippen molar-refractivity contribution in [1.29, 1.82) is 0 Å². The van der Waals surface area contributed by atoms with E-state index in [1.54, 1.807) is 6.92 Å². The average molecular weight is 275 g/mol. The van der Waals surface area contributed by atoms with E-state index in [1.807, 2.05) is 13.1 Å². The summed E-state index contributed by atoms with van der Waals surface area (Å²) in [4.78, 5) is 14.6. The SMILES string of the molecule is Cc1cnc(NCCCc2cn[nH]c2C)cc1[N+](=O)[O-]. The van der Waals surface area contributed by atoms with Crippen LogP contribution < -0.4 is 5.32 Å². The number of H-pyrrole nitrogens is 1. The molecular weight excluding hydrogens is 258 g/mol. The van der Waals surface area contributed by atoms with Crippen molar-refractivity contribution in [2.24, 2.45) is 0 Å². The zero-order valence-corrected chi connectivity index (χ0v) is 11.5. The maximum absolute atomic E-state index is 10.8. The number of anilines is 1. The van der Waals surface area contributed by atoms with Crippen LogP contribution in [0.15, 0.2) is 18.5 Å². The van der Waals surface area contributed by atoms with Crippen molar-refractivity contribution in [2.75, 3.05) is 11.9 Å². The molecule has 0 atom stereocenters. The van der Waals surface area contributed by atoms with Crippen molar-refractivity contribution >= 4 is 11.5 Å². The van der Waals surface area contributed by atoms with E-state index in [4.69, 9.17) is 0 Å². The van der Waals surface area contributed by atoms with E-state index in [2.05, 4.69) is 20.5 Å². The van der Waals surface area contributed by atoms with Gasteiger partial charge in [0.15, 0.2) is 0 Å². The number of nitrogens with one attached hydrogen (secondary N) is 2. The van der Waals surface area contributed by atoms with Crippen LogP contribution in [0.25, 0.3) is 0 Å². The molecule has 0 amide bonds. The topological polar surface area (TPSA) is 96.7 Å². The average Bonchev–Trinajstić information content (AvgIpc) is 2.82. The maximum atomic E-state index is 10.8. The summed E-state index contributed by atoms with van der Waals surface area (Å²) in [5, 5.41) is 20.8. The standard InChI is InChI=1S/C13H17N5O2/c1-9-7-15-13(6-12(9)18(19)20)14-5-3-4-11-8-16-17-10(11)2/h6-8H,3-5H2,1-2H3,(H,14,15)(H,16,17). The van der Waals surface area contributed by atoms with Crippen molar-refractivity contribution < 1.29 is 4.92 Å². The second-order valence-electron chi connectivity index (χ2n) is 4.66. The lowest BCUT2D eigenvalue weighted by Crippen LogP contribution is -2.05. The van der Waals surface area contributed by atoms with Gasteiger partial charge in [-0.1, -0.05) is 0 Å². The minimum Gasteiger partial charge on any atom is -0.370 e. The molecule has 0 aliphatic rings. The summed E-state index contributed by atoms with van der Waals surface area (Å²) in [6.45, 7) is 4.37. The lowest BCUT2D eigenvalue weighted by molar-refractivity contribution is -0.385. The smallest absolute Gasteiger partial charge is 0.277 e. The van der Waals surface area contributed by atoms with Crippen LogP contribution in [-0.2, 0) is 6.42 Å². The van der Waals surface area contributed by atoms with Crippen molar-refractivity contribution in [3.05, 3.63) is 45.4 Å². The fourth-order valence-corrected chi connectivity index (χ4v) is 1.93. The van der Waals surface area contributed by atoms with Crippen LogP contribution in [0.3, 0.4) is 0 Å². The van der Waals surface area contributed by atoms with Gasteiger partial charge in [-0.2, -0.15) is 5.10 Å². The molecular formula is C13H17N5O2. The Morgan fingerprint density at radius 1 is 1.40 bits per heavy atom. The molecule has 2 aromatic heterocycles. The predicted molar refractivity (Wildman–Crippen MR) is 75.8 cm³/mol. The van der Waals surface area contributed by atoms with E-state index in [0.29, 0.717) is 17.9 Å². The number of hydrogen-bond donors (Lipinski definition) is 2. The summed E-state index contributed by atoms with van der Waals surface area (Å²) in [5.74, 6) is 0.534. The fraction of sp³-hybridized carbons (Fsp3) is 0.385. The van der Waals surface area contributed by atoms with Crippen LogP contribution in [0, 0.1) is 24.0 Å². The fourth-order valence-electron chi connectivity index (χ4n) is 1.93. The molecule has 2 rings (SSSR count). The molecule has 0 unspecified atom stereocenters. The summed E-state index contributed by atoms with van der Waals surface area (Å²) in [6, 6.07) is 1.47. The molecule has 0 radical (unpaired) electrons. The summed E-state index contributed by atoms with van der Waals surface area (Å²) < 4.78 is 0. The van der Waals surface area contributed by atoms with E-state index in [9.17, 15) is 10.1 Å². The van der Waals surface area contributed by atoms with E-state index in [1.165, 1.54) is 17.8 Å². The molecule has 0 bridgehead atoms. The lowest BCUT2D eigenvalue weighted by Gasteiger charge is -2.06. The molecule has 7 nitrogen and oxygen atoms in total. The van der Waals surface area contributed by atoms with Gasteiger partial charge in [-0.25, -0.2) is 4.98 Å². The number of aryl methyl sites for hydroxylation is 3. The molecule has 0 aliphatic heterocycles. The molecule has 0 aliphatic carbocycles. The zero-order valence-electron chi connectivity index (χ0n) is 11.5. The molecule has 2 N–H and O–H groups in total. The Balaban J connectivity index is 1.87. The van der Waals surface area contributed by atoms with Gasteiger partial charge in [-0.05, 0) is 32.3 Å². The van der Waals surface area contributed by atoms with Gasteiger partial charge in [0.2, 0.25) is 0 Å². The van der Waals surface area contributed by atoms with Gasteiger partial charge in [-0.15, -0.1) is 0 Å².